The van der Waals surface area contributed by atoms with Crippen LogP contribution >= 0.6 is 0 Å². The molecule has 1 fully saturated rings. The number of nitrogens with zero attached hydrogens (tertiary/aromatic N) is 3. The SMILES string of the molecule is Cc1cc(C2CCCN(C(C)c3ccc4c(n3)OCCO4)C2)cc(C)n1. The Hall–Kier alpha value is -2.14. The minimum atomic E-state index is 0.262. The van der Waals surface area contributed by atoms with Crippen molar-refractivity contribution in [1.82, 2.24) is 14.9 Å². The van der Waals surface area contributed by atoms with Gasteiger partial charge in [-0.25, -0.2) is 4.98 Å². The van der Waals surface area contributed by atoms with E-state index in [2.05, 4.69) is 48.9 Å². The van der Waals surface area contributed by atoms with E-state index in [1.54, 1.807) is 0 Å². The first-order valence-electron chi connectivity index (χ1n) is 9.56. The second-order valence-electron chi connectivity index (χ2n) is 7.43. The maximum atomic E-state index is 5.66. The van der Waals surface area contributed by atoms with Crippen molar-refractivity contribution in [3.05, 3.63) is 46.9 Å². The molecule has 2 aromatic rings. The molecule has 0 spiro atoms. The molecule has 5 heteroatoms. The number of ether oxygens (including phenoxy) is 2. The van der Waals surface area contributed by atoms with Crippen LogP contribution in [-0.2, 0) is 0 Å². The van der Waals surface area contributed by atoms with Crippen LogP contribution in [0, 0.1) is 13.8 Å². The van der Waals surface area contributed by atoms with Crippen LogP contribution in [0.2, 0.25) is 0 Å². The Bertz CT molecular complexity index is 773. The van der Waals surface area contributed by atoms with Crippen LogP contribution < -0.4 is 9.47 Å². The highest BCUT2D eigenvalue weighted by Gasteiger charge is 2.27. The summed E-state index contributed by atoms with van der Waals surface area (Å²) >= 11 is 0. The van der Waals surface area contributed by atoms with Crippen molar-refractivity contribution in [2.24, 2.45) is 0 Å². The maximum absolute atomic E-state index is 5.66. The van der Waals surface area contributed by atoms with Gasteiger partial charge in [0.05, 0.1) is 5.69 Å². The Morgan fingerprint density at radius 1 is 1.08 bits per heavy atom. The van der Waals surface area contributed by atoms with E-state index in [1.165, 1.54) is 18.4 Å². The van der Waals surface area contributed by atoms with Crippen LogP contribution in [-0.4, -0.2) is 41.2 Å². The lowest BCUT2D eigenvalue weighted by atomic mass is 9.89. The van der Waals surface area contributed by atoms with Crippen molar-refractivity contribution in [1.29, 1.82) is 0 Å². The highest BCUT2D eigenvalue weighted by atomic mass is 16.6. The molecule has 2 aromatic heterocycles. The summed E-state index contributed by atoms with van der Waals surface area (Å²) in [6, 6.07) is 8.81. The van der Waals surface area contributed by atoms with E-state index in [0.717, 1.165) is 35.9 Å². The molecule has 2 unspecified atom stereocenters. The van der Waals surface area contributed by atoms with Gasteiger partial charge in [0.15, 0.2) is 5.75 Å². The van der Waals surface area contributed by atoms with Gasteiger partial charge < -0.3 is 9.47 Å². The smallest absolute Gasteiger partial charge is 0.257 e. The Kier molecular flexibility index (Phi) is 4.81. The zero-order valence-electron chi connectivity index (χ0n) is 15.9. The van der Waals surface area contributed by atoms with Crippen molar-refractivity contribution in [3.8, 4) is 11.6 Å². The Morgan fingerprint density at radius 2 is 1.85 bits per heavy atom. The molecule has 1 saturated heterocycles. The van der Waals surface area contributed by atoms with Crippen LogP contribution in [0.4, 0.5) is 0 Å². The van der Waals surface area contributed by atoms with Gasteiger partial charge in [-0.05, 0) is 75.9 Å². The first kappa shape index (κ1) is 17.3. The molecule has 0 aliphatic carbocycles. The van der Waals surface area contributed by atoms with Gasteiger partial charge in [-0.3, -0.25) is 9.88 Å². The lowest BCUT2D eigenvalue weighted by Gasteiger charge is -2.37. The fourth-order valence-corrected chi connectivity index (χ4v) is 4.10. The molecule has 26 heavy (non-hydrogen) atoms. The van der Waals surface area contributed by atoms with Gasteiger partial charge in [-0.2, -0.15) is 0 Å². The molecule has 0 aromatic carbocycles. The van der Waals surface area contributed by atoms with Crippen molar-refractivity contribution < 1.29 is 9.47 Å². The van der Waals surface area contributed by atoms with Gasteiger partial charge in [-0.1, -0.05) is 0 Å². The third-order valence-corrected chi connectivity index (χ3v) is 5.43. The molecule has 4 heterocycles. The predicted molar refractivity (Wildman–Crippen MR) is 101 cm³/mol. The van der Waals surface area contributed by atoms with E-state index in [-0.39, 0.29) is 6.04 Å². The molecule has 2 aliphatic rings. The number of hydrogen-bond acceptors (Lipinski definition) is 5. The first-order chi connectivity index (χ1) is 12.6. The molecule has 0 N–H and O–H groups in total. The summed E-state index contributed by atoms with van der Waals surface area (Å²) in [7, 11) is 0. The zero-order valence-corrected chi connectivity index (χ0v) is 15.9. The summed E-state index contributed by atoms with van der Waals surface area (Å²) in [4.78, 5) is 11.8. The molecule has 0 amide bonds. The number of likely N-dealkylation sites (tertiary alicyclic amines) is 1. The third-order valence-electron chi connectivity index (χ3n) is 5.43. The van der Waals surface area contributed by atoms with Gasteiger partial charge in [0.25, 0.3) is 5.88 Å². The molecule has 0 radical (unpaired) electrons. The van der Waals surface area contributed by atoms with Crippen LogP contribution in [0.1, 0.15) is 54.4 Å². The van der Waals surface area contributed by atoms with Gasteiger partial charge in [0.2, 0.25) is 0 Å². The Labute approximate surface area is 155 Å². The summed E-state index contributed by atoms with van der Waals surface area (Å²) in [5.41, 5.74) is 4.69. The molecule has 4 rings (SSSR count). The first-order valence-corrected chi connectivity index (χ1v) is 9.56. The molecule has 2 atom stereocenters. The van der Waals surface area contributed by atoms with Crippen LogP contribution in [0.5, 0.6) is 11.6 Å². The number of rotatable bonds is 3. The van der Waals surface area contributed by atoms with Gasteiger partial charge in [0, 0.05) is 24.0 Å². The number of fused-ring (bicyclic) bond motifs is 1. The standard InChI is InChI=1S/C21H27N3O2/c1-14-11-18(12-15(2)22-14)17-5-4-8-24(13-17)16(3)19-6-7-20-21(23-19)26-10-9-25-20/h6-7,11-12,16-17H,4-5,8-10,13H2,1-3H3. The van der Waals surface area contributed by atoms with E-state index in [4.69, 9.17) is 14.5 Å². The summed E-state index contributed by atoms with van der Waals surface area (Å²) in [5.74, 6) is 1.95. The summed E-state index contributed by atoms with van der Waals surface area (Å²) in [6.07, 6.45) is 2.45. The van der Waals surface area contributed by atoms with Crippen molar-refractivity contribution >= 4 is 0 Å². The van der Waals surface area contributed by atoms with Crippen molar-refractivity contribution in [2.45, 2.75) is 45.6 Å². The van der Waals surface area contributed by atoms with Crippen molar-refractivity contribution in [3.63, 3.8) is 0 Å². The number of aryl methyl sites for hydroxylation is 2. The van der Waals surface area contributed by atoms with Gasteiger partial charge in [0.1, 0.15) is 13.2 Å². The Morgan fingerprint density at radius 3 is 2.65 bits per heavy atom. The van der Waals surface area contributed by atoms with Gasteiger partial charge >= 0.3 is 0 Å². The quantitative estimate of drug-likeness (QED) is 0.840. The minimum absolute atomic E-state index is 0.262. The second kappa shape index (κ2) is 7.23. The second-order valence-corrected chi connectivity index (χ2v) is 7.43. The average Bonchev–Trinajstić information content (AvgIpc) is 2.66. The fourth-order valence-electron chi connectivity index (χ4n) is 4.10. The average molecular weight is 353 g/mol. The van der Waals surface area contributed by atoms with E-state index in [9.17, 15) is 0 Å². The lowest BCUT2D eigenvalue weighted by molar-refractivity contribution is 0.147. The largest absolute Gasteiger partial charge is 0.484 e. The monoisotopic (exact) mass is 353 g/mol. The minimum Gasteiger partial charge on any atom is -0.484 e. The van der Waals surface area contributed by atoms with Crippen molar-refractivity contribution in [2.75, 3.05) is 26.3 Å². The van der Waals surface area contributed by atoms with E-state index >= 15 is 0 Å². The number of aromatic nitrogens is 2. The number of piperidine rings is 1. The summed E-state index contributed by atoms with van der Waals surface area (Å²) < 4.78 is 11.3. The summed E-state index contributed by atoms with van der Waals surface area (Å²) in [6.45, 7) is 9.74. The fraction of sp³-hybridized carbons (Fsp3) is 0.524. The third kappa shape index (κ3) is 3.54. The molecule has 0 saturated carbocycles. The zero-order chi connectivity index (χ0) is 18.1. The topological polar surface area (TPSA) is 47.5 Å². The van der Waals surface area contributed by atoms with E-state index in [1.807, 2.05) is 6.07 Å². The van der Waals surface area contributed by atoms with Crippen LogP contribution in [0.3, 0.4) is 0 Å². The number of pyridine rings is 2. The molecule has 5 nitrogen and oxygen atoms in total. The molecular formula is C21H27N3O2. The van der Waals surface area contributed by atoms with E-state index in [0.29, 0.717) is 25.0 Å². The maximum Gasteiger partial charge on any atom is 0.257 e. The van der Waals surface area contributed by atoms with Crippen LogP contribution in [0.15, 0.2) is 24.3 Å². The molecule has 0 bridgehead atoms. The number of hydrogen-bond donors (Lipinski definition) is 0. The van der Waals surface area contributed by atoms with Crippen LogP contribution in [0.25, 0.3) is 0 Å². The highest BCUT2D eigenvalue weighted by Crippen LogP contribution is 2.34. The summed E-state index contributed by atoms with van der Waals surface area (Å²) in [5, 5.41) is 0. The lowest BCUT2D eigenvalue weighted by Crippen LogP contribution is -2.36. The Balaban J connectivity index is 1.52. The molecule has 2 aliphatic heterocycles. The molecule has 138 valence electrons. The normalized spacial score (nSPS) is 21.4. The molecular weight excluding hydrogens is 326 g/mol. The van der Waals surface area contributed by atoms with Gasteiger partial charge in [-0.15, -0.1) is 0 Å². The highest BCUT2D eigenvalue weighted by molar-refractivity contribution is 5.36. The predicted octanol–water partition coefficient (Wildman–Crippen LogP) is 3.81. The van der Waals surface area contributed by atoms with E-state index < -0.39 is 0 Å².